The first kappa shape index (κ1) is 11.0. The van der Waals surface area contributed by atoms with Gasteiger partial charge in [-0.25, -0.2) is 4.98 Å². The Labute approximate surface area is 85.9 Å². The van der Waals surface area contributed by atoms with Crippen molar-refractivity contribution in [3.05, 3.63) is 23.9 Å². The maximum atomic E-state index is 6.01. The molecule has 1 aromatic heterocycles. The van der Waals surface area contributed by atoms with Crippen molar-refractivity contribution in [3.63, 3.8) is 0 Å². The van der Waals surface area contributed by atoms with Gasteiger partial charge in [0.05, 0.1) is 0 Å². The molecule has 1 heterocycles. The van der Waals surface area contributed by atoms with Crippen molar-refractivity contribution in [2.75, 3.05) is 19.0 Å². The molecule has 0 bridgehead atoms. The fourth-order valence-electron chi connectivity index (χ4n) is 1.24. The lowest BCUT2D eigenvalue weighted by Gasteiger charge is -2.17. The van der Waals surface area contributed by atoms with E-state index in [-0.39, 0.29) is 6.04 Å². The number of hydrogen-bond acceptors (Lipinski definition) is 3. The Bertz CT molecular complexity index is 277. The lowest BCUT2D eigenvalue weighted by Crippen LogP contribution is -2.17. The van der Waals surface area contributed by atoms with Crippen LogP contribution < -0.4 is 10.6 Å². The normalized spacial score (nSPS) is 13.0. The molecule has 0 aliphatic heterocycles. The van der Waals surface area contributed by atoms with Gasteiger partial charge in [0.1, 0.15) is 5.82 Å². The molecule has 0 fully saturated rings. The summed E-state index contributed by atoms with van der Waals surface area (Å²) >= 11 is 0. The van der Waals surface area contributed by atoms with E-state index in [9.17, 15) is 0 Å². The van der Waals surface area contributed by atoms with Gasteiger partial charge in [-0.05, 0) is 17.5 Å². The van der Waals surface area contributed by atoms with Gasteiger partial charge >= 0.3 is 0 Å². The highest BCUT2D eigenvalue weighted by Crippen LogP contribution is 2.19. The molecule has 2 N–H and O–H groups in total. The average Bonchev–Trinajstić information content (AvgIpc) is 2.16. The maximum Gasteiger partial charge on any atom is 0.127 e. The van der Waals surface area contributed by atoms with E-state index < -0.39 is 0 Å². The smallest absolute Gasteiger partial charge is 0.127 e. The van der Waals surface area contributed by atoms with E-state index in [1.54, 1.807) is 0 Å². The molecule has 14 heavy (non-hydrogen) atoms. The second kappa shape index (κ2) is 4.42. The highest BCUT2D eigenvalue weighted by molar-refractivity contribution is 5.37. The largest absolute Gasteiger partial charge is 0.363 e. The minimum absolute atomic E-state index is 0.0821. The van der Waals surface area contributed by atoms with Crippen molar-refractivity contribution in [1.29, 1.82) is 0 Å². The second-order valence-electron chi connectivity index (χ2n) is 4.11. The molecule has 0 aliphatic carbocycles. The van der Waals surface area contributed by atoms with Gasteiger partial charge in [-0.3, -0.25) is 0 Å². The minimum Gasteiger partial charge on any atom is -0.363 e. The van der Waals surface area contributed by atoms with Gasteiger partial charge in [0, 0.05) is 26.3 Å². The number of nitrogens with zero attached hydrogens (tertiary/aromatic N) is 2. The van der Waals surface area contributed by atoms with Crippen LogP contribution in [0.2, 0.25) is 0 Å². The quantitative estimate of drug-likeness (QED) is 0.796. The number of pyridine rings is 1. The predicted octanol–water partition coefficient (Wildman–Crippen LogP) is 1.80. The van der Waals surface area contributed by atoms with E-state index in [1.165, 1.54) is 0 Å². The monoisotopic (exact) mass is 193 g/mol. The van der Waals surface area contributed by atoms with E-state index in [4.69, 9.17) is 5.73 Å². The molecule has 1 aromatic rings. The van der Waals surface area contributed by atoms with Gasteiger partial charge in [0.15, 0.2) is 0 Å². The summed E-state index contributed by atoms with van der Waals surface area (Å²) in [4.78, 5) is 6.30. The lowest BCUT2D eigenvalue weighted by atomic mass is 9.99. The second-order valence-corrected chi connectivity index (χ2v) is 4.11. The molecule has 0 saturated heterocycles. The molecule has 1 rings (SSSR count). The summed E-state index contributed by atoms with van der Waals surface area (Å²) < 4.78 is 0. The topological polar surface area (TPSA) is 42.1 Å². The number of aromatic nitrogens is 1. The van der Waals surface area contributed by atoms with Crippen LogP contribution in [0.3, 0.4) is 0 Å². The molecule has 0 aromatic carbocycles. The standard InChI is InChI=1S/C11H19N3/c1-8(2)11(12)9-5-6-10(13-7-9)14(3)4/h5-8,11H,12H2,1-4H3. The molecule has 3 heteroatoms. The Kier molecular flexibility index (Phi) is 3.47. The van der Waals surface area contributed by atoms with Crippen LogP contribution in [0.4, 0.5) is 5.82 Å². The van der Waals surface area contributed by atoms with Crippen LogP contribution >= 0.6 is 0 Å². The number of hydrogen-bond donors (Lipinski definition) is 1. The summed E-state index contributed by atoms with van der Waals surface area (Å²) in [6.07, 6.45) is 1.86. The van der Waals surface area contributed by atoms with Crippen LogP contribution in [0.1, 0.15) is 25.5 Å². The van der Waals surface area contributed by atoms with Crippen molar-refractivity contribution in [2.45, 2.75) is 19.9 Å². The van der Waals surface area contributed by atoms with Gasteiger partial charge in [-0.2, -0.15) is 0 Å². The molecule has 0 radical (unpaired) electrons. The molecule has 0 spiro atoms. The van der Waals surface area contributed by atoms with Crippen LogP contribution in [0, 0.1) is 5.92 Å². The first-order valence-corrected chi connectivity index (χ1v) is 4.91. The summed E-state index contributed by atoms with van der Waals surface area (Å²) in [5.41, 5.74) is 7.11. The zero-order valence-corrected chi connectivity index (χ0v) is 9.36. The van der Waals surface area contributed by atoms with Crippen LogP contribution in [0.25, 0.3) is 0 Å². The molecule has 78 valence electrons. The van der Waals surface area contributed by atoms with Gasteiger partial charge < -0.3 is 10.6 Å². The molecule has 0 saturated carbocycles. The highest BCUT2D eigenvalue weighted by Gasteiger charge is 2.10. The zero-order chi connectivity index (χ0) is 10.7. The zero-order valence-electron chi connectivity index (χ0n) is 9.36. The summed E-state index contributed by atoms with van der Waals surface area (Å²) in [6, 6.07) is 4.13. The van der Waals surface area contributed by atoms with Crippen LogP contribution in [-0.2, 0) is 0 Å². The van der Waals surface area contributed by atoms with Gasteiger partial charge in [-0.15, -0.1) is 0 Å². The minimum atomic E-state index is 0.0821. The third kappa shape index (κ3) is 2.45. The van der Waals surface area contributed by atoms with Crippen LogP contribution in [-0.4, -0.2) is 19.1 Å². The highest BCUT2D eigenvalue weighted by atomic mass is 15.1. The average molecular weight is 193 g/mol. The predicted molar refractivity (Wildman–Crippen MR) is 60.3 cm³/mol. The molecule has 1 atom stereocenters. The van der Waals surface area contributed by atoms with Crippen LogP contribution in [0.15, 0.2) is 18.3 Å². The van der Waals surface area contributed by atoms with Crippen molar-refractivity contribution in [2.24, 2.45) is 11.7 Å². The third-order valence-electron chi connectivity index (χ3n) is 2.33. The summed E-state index contributed by atoms with van der Waals surface area (Å²) in [7, 11) is 3.95. The van der Waals surface area contributed by atoms with Crippen LogP contribution in [0.5, 0.6) is 0 Å². The Hall–Kier alpha value is -1.09. The van der Waals surface area contributed by atoms with E-state index in [0.717, 1.165) is 11.4 Å². The first-order valence-electron chi connectivity index (χ1n) is 4.91. The number of rotatable bonds is 3. The molecule has 1 unspecified atom stereocenters. The Morgan fingerprint density at radius 3 is 2.29 bits per heavy atom. The molecular formula is C11H19N3. The fraction of sp³-hybridized carbons (Fsp3) is 0.545. The Balaban J connectivity index is 2.83. The number of anilines is 1. The van der Waals surface area contributed by atoms with Crippen molar-refractivity contribution in [3.8, 4) is 0 Å². The van der Waals surface area contributed by atoms with Crippen molar-refractivity contribution in [1.82, 2.24) is 4.98 Å². The SMILES string of the molecule is CC(C)C(N)c1ccc(N(C)C)nc1. The Morgan fingerprint density at radius 2 is 1.93 bits per heavy atom. The molecule has 0 aliphatic rings. The first-order chi connectivity index (χ1) is 6.52. The van der Waals surface area contributed by atoms with E-state index >= 15 is 0 Å². The summed E-state index contributed by atoms with van der Waals surface area (Å²) in [5, 5.41) is 0. The van der Waals surface area contributed by atoms with Crippen molar-refractivity contribution < 1.29 is 0 Å². The maximum absolute atomic E-state index is 6.01. The lowest BCUT2D eigenvalue weighted by molar-refractivity contribution is 0.513. The van der Waals surface area contributed by atoms with E-state index in [1.807, 2.05) is 37.3 Å². The van der Waals surface area contributed by atoms with Crippen molar-refractivity contribution >= 4 is 5.82 Å². The van der Waals surface area contributed by atoms with E-state index in [0.29, 0.717) is 5.92 Å². The Morgan fingerprint density at radius 1 is 1.29 bits per heavy atom. The summed E-state index contributed by atoms with van der Waals surface area (Å²) in [6.45, 7) is 4.23. The molecule has 0 amide bonds. The van der Waals surface area contributed by atoms with Gasteiger partial charge in [-0.1, -0.05) is 19.9 Å². The molecule has 3 nitrogen and oxygen atoms in total. The summed E-state index contributed by atoms with van der Waals surface area (Å²) in [5.74, 6) is 1.41. The number of nitrogens with two attached hydrogens (primary N) is 1. The van der Waals surface area contributed by atoms with E-state index in [2.05, 4.69) is 18.8 Å². The van der Waals surface area contributed by atoms with Gasteiger partial charge in [0.25, 0.3) is 0 Å². The third-order valence-corrected chi connectivity index (χ3v) is 2.33. The molecular weight excluding hydrogens is 174 g/mol. The van der Waals surface area contributed by atoms with Gasteiger partial charge in [0.2, 0.25) is 0 Å². The fourth-order valence-corrected chi connectivity index (χ4v) is 1.24.